The van der Waals surface area contributed by atoms with E-state index in [9.17, 15) is 0 Å². The van der Waals surface area contributed by atoms with Crippen molar-refractivity contribution in [2.24, 2.45) is 15.7 Å². The minimum Gasteiger partial charge on any atom is -0.369 e. The van der Waals surface area contributed by atoms with Gasteiger partial charge in [-0.2, -0.15) is 0 Å². The summed E-state index contributed by atoms with van der Waals surface area (Å²) in [6.07, 6.45) is 3.53. The van der Waals surface area contributed by atoms with Crippen LogP contribution in [-0.2, 0) is 5.54 Å². The van der Waals surface area contributed by atoms with E-state index in [1.165, 1.54) is 18.4 Å². The number of rotatable bonds is 4. The quantitative estimate of drug-likeness (QED) is 0.488. The van der Waals surface area contributed by atoms with Crippen LogP contribution in [0.25, 0.3) is 11.1 Å². The van der Waals surface area contributed by atoms with Crippen LogP contribution in [0.4, 0.5) is 0 Å². The summed E-state index contributed by atoms with van der Waals surface area (Å²) in [4.78, 5) is 12.1. The highest BCUT2D eigenvalue weighted by molar-refractivity contribution is 6.35. The highest BCUT2D eigenvalue weighted by Crippen LogP contribution is 2.45. The number of guanidine groups is 1. The maximum absolute atomic E-state index is 6.48. The maximum Gasteiger partial charge on any atom is 0.198 e. The normalized spacial score (nSPS) is 22.1. The molecule has 0 bridgehead atoms. The van der Waals surface area contributed by atoms with Gasteiger partial charge in [0.25, 0.3) is 0 Å². The second-order valence-electron chi connectivity index (χ2n) is 9.03. The van der Waals surface area contributed by atoms with Crippen LogP contribution in [0.1, 0.15) is 41.9 Å². The van der Waals surface area contributed by atoms with Gasteiger partial charge in [-0.3, -0.25) is 9.89 Å². The Balaban J connectivity index is 1.54. The van der Waals surface area contributed by atoms with Crippen LogP contribution in [0.3, 0.4) is 0 Å². The zero-order valence-corrected chi connectivity index (χ0v) is 19.7. The van der Waals surface area contributed by atoms with Gasteiger partial charge in [-0.15, -0.1) is 0 Å². The summed E-state index contributed by atoms with van der Waals surface area (Å²) >= 11 is 12.6. The highest BCUT2D eigenvalue weighted by atomic mass is 35.5. The summed E-state index contributed by atoms with van der Waals surface area (Å²) in [5.41, 5.74) is 11.2. The fourth-order valence-electron chi connectivity index (χ4n) is 5.03. The molecule has 4 nitrogen and oxygen atoms in total. The molecule has 0 amide bonds. The lowest BCUT2D eigenvalue weighted by atomic mass is 9.80. The van der Waals surface area contributed by atoms with E-state index in [0.29, 0.717) is 21.9 Å². The van der Waals surface area contributed by atoms with E-state index in [1.54, 1.807) is 6.07 Å². The van der Waals surface area contributed by atoms with Crippen molar-refractivity contribution in [3.8, 4) is 11.1 Å². The van der Waals surface area contributed by atoms with Gasteiger partial charge in [0, 0.05) is 23.1 Å². The van der Waals surface area contributed by atoms with E-state index in [4.69, 9.17) is 38.9 Å². The molecule has 0 radical (unpaired) electrons. The third-order valence-electron chi connectivity index (χ3n) is 6.79. The van der Waals surface area contributed by atoms with Crippen LogP contribution in [0.15, 0.2) is 76.7 Å². The van der Waals surface area contributed by atoms with E-state index in [-0.39, 0.29) is 0 Å². The van der Waals surface area contributed by atoms with Crippen LogP contribution in [0.5, 0.6) is 0 Å². The lowest BCUT2D eigenvalue weighted by molar-refractivity contribution is 0.531. The molecule has 3 aliphatic rings. The fraction of sp³-hybridized carbons (Fsp3) is 0.259. The molecular formula is C27H24Cl2N4. The van der Waals surface area contributed by atoms with E-state index in [2.05, 4.69) is 53.4 Å². The van der Waals surface area contributed by atoms with Crippen LogP contribution in [-0.4, -0.2) is 29.8 Å². The van der Waals surface area contributed by atoms with Crippen molar-refractivity contribution < 1.29 is 0 Å². The first-order valence-electron chi connectivity index (χ1n) is 11.4. The number of halogens is 2. The van der Waals surface area contributed by atoms with Gasteiger partial charge in [0.15, 0.2) is 11.5 Å². The maximum atomic E-state index is 6.48. The molecular weight excluding hydrogens is 451 g/mol. The van der Waals surface area contributed by atoms with Crippen molar-refractivity contribution in [2.75, 3.05) is 13.1 Å². The largest absolute Gasteiger partial charge is 0.369 e. The SMILES string of the molecule is NC1=NC(c2ccc(C3CC3)cc2)(c2cccc(-c3cc(Cl)cc(Cl)c3)c2)C2=NCCCN12. The van der Waals surface area contributed by atoms with Gasteiger partial charge < -0.3 is 5.73 Å². The Labute approximate surface area is 203 Å². The summed E-state index contributed by atoms with van der Waals surface area (Å²) in [5.74, 6) is 2.13. The molecule has 1 unspecified atom stereocenters. The van der Waals surface area contributed by atoms with Crippen molar-refractivity contribution in [2.45, 2.75) is 30.7 Å². The number of hydrogen-bond acceptors (Lipinski definition) is 4. The molecule has 1 atom stereocenters. The first-order valence-corrected chi connectivity index (χ1v) is 12.2. The monoisotopic (exact) mass is 474 g/mol. The Kier molecular flexibility index (Phi) is 4.97. The van der Waals surface area contributed by atoms with Gasteiger partial charge >= 0.3 is 0 Å². The molecule has 0 spiro atoms. The highest BCUT2D eigenvalue weighted by Gasteiger charge is 2.49. The third-order valence-corrected chi connectivity index (χ3v) is 7.23. The van der Waals surface area contributed by atoms with Crippen molar-refractivity contribution in [3.63, 3.8) is 0 Å². The molecule has 33 heavy (non-hydrogen) atoms. The van der Waals surface area contributed by atoms with Gasteiger partial charge in [-0.05, 0) is 77.3 Å². The van der Waals surface area contributed by atoms with Crippen molar-refractivity contribution in [3.05, 3.63) is 93.5 Å². The topological polar surface area (TPSA) is 54.0 Å². The minimum absolute atomic E-state index is 0.524. The van der Waals surface area contributed by atoms with E-state index >= 15 is 0 Å². The summed E-state index contributed by atoms with van der Waals surface area (Å²) < 4.78 is 0. The van der Waals surface area contributed by atoms with Crippen LogP contribution in [0.2, 0.25) is 10.0 Å². The second-order valence-corrected chi connectivity index (χ2v) is 9.90. The molecule has 6 rings (SSSR count). The van der Waals surface area contributed by atoms with Crippen LogP contribution in [0, 0.1) is 0 Å². The van der Waals surface area contributed by atoms with Gasteiger partial charge in [-0.1, -0.05) is 65.7 Å². The summed E-state index contributed by atoms with van der Waals surface area (Å²) in [7, 11) is 0. The van der Waals surface area contributed by atoms with Crippen molar-refractivity contribution in [1.82, 2.24) is 4.90 Å². The van der Waals surface area contributed by atoms with Gasteiger partial charge in [0.1, 0.15) is 5.84 Å². The number of aliphatic imine (C=N–C) groups is 2. The molecule has 6 heteroatoms. The van der Waals surface area contributed by atoms with Crippen LogP contribution >= 0.6 is 23.2 Å². The predicted octanol–water partition coefficient (Wildman–Crippen LogP) is 6.21. The Hall–Kier alpha value is -2.82. The molecule has 0 saturated heterocycles. The first kappa shape index (κ1) is 20.8. The fourth-order valence-corrected chi connectivity index (χ4v) is 5.56. The molecule has 166 valence electrons. The molecule has 1 saturated carbocycles. The average Bonchev–Trinajstić information content (AvgIpc) is 3.63. The Morgan fingerprint density at radius 1 is 0.879 bits per heavy atom. The smallest absolute Gasteiger partial charge is 0.198 e. The average molecular weight is 475 g/mol. The molecule has 2 N–H and O–H groups in total. The molecule has 3 aromatic rings. The zero-order valence-electron chi connectivity index (χ0n) is 18.1. The molecule has 1 fully saturated rings. The summed E-state index contributed by atoms with van der Waals surface area (Å²) in [5, 5.41) is 1.22. The first-order chi connectivity index (χ1) is 16.0. The molecule has 0 aromatic heterocycles. The van der Waals surface area contributed by atoms with E-state index in [1.807, 2.05) is 12.1 Å². The molecule has 3 aromatic carbocycles. The van der Waals surface area contributed by atoms with Crippen molar-refractivity contribution >= 4 is 35.0 Å². The van der Waals surface area contributed by atoms with Gasteiger partial charge in [0.05, 0.1) is 0 Å². The molecule has 1 aliphatic carbocycles. The van der Waals surface area contributed by atoms with E-state index in [0.717, 1.165) is 47.6 Å². The number of hydrogen-bond donors (Lipinski definition) is 1. The van der Waals surface area contributed by atoms with Crippen molar-refractivity contribution in [1.29, 1.82) is 0 Å². The Morgan fingerprint density at radius 3 is 2.36 bits per heavy atom. The zero-order chi connectivity index (χ0) is 22.6. The third kappa shape index (κ3) is 3.53. The van der Waals surface area contributed by atoms with Crippen LogP contribution < -0.4 is 5.73 Å². The number of nitrogens with zero attached hydrogens (tertiary/aromatic N) is 3. The number of benzene rings is 3. The van der Waals surface area contributed by atoms with Gasteiger partial charge in [0.2, 0.25) is 0 Å². The number of fused-ring (bicyclic) bond motifs is 1. The number of amidine groups is 1. The number of nitrogens with two attached hydrogens (primary N) is 1. The summed E-state index contributed by atoms with van der Waals surface area (Å²) in [6, 6.07) is 22.9. The van der Waals surface area contributed by atoms with E-state index < -0.39 is 5.54 Å². The Bertz CT molecular complexity index is 1270. The predicted molar refractivity (Wildman–Crippen MR) is 136 cm³/mol. The Morgan fingerprint density at radius 2 is 1.64 bits per heavy atom. The second kappa shape index (κ2) is 7.89. The van der Waals surface area contributed by atoms with Gasteiger partial charge in [-0.25, -0.2) is 4.99 Å². The minimum atomic E-state index is -0.773. The lowest BCUT2D eigenvalue weighted by Crippen LogP contribution is -2.46. The summed E-state index contributed by atoms with van der Waals surface area (Å²) in [6.45, 7) is 1.61. The molecule has 2 heterocycles. The lowest BCUT2D eigenvalue weighted by Gasteiger charge is -2.33. The molecule has 2 aliphatic heterocycles. The standard InChI is InChI=1S/C27H24Cl2N4/c28-23-14-20(15-24(29)16-23)19-3-1-4-22(13-19)27(21-9-7-18(8-10-21)17-5-6-17)25-31-11-2-12-33(25)26(30)32-27/h1,3-4,7-10,13-17H,2,5-6,11-12H2,(H2,30,32).